The molecular weight excluding hydrogens is 783 g/mol. The fourth-order valence-corrected chi connectivity index (χ4v) is 9.74. The van der Waals surface area contributed by atoms with E-state index in [1.165, 1.54) is 0 Å². The van der Waals surface area contributed by atoms with E-state index in [1.807, 2.05) is 36.4 Å². The summed E-state index contributed by atoms with van der Waals surface area (Å²) in [6, 6.07) is 79.3. The maximum atomic E-state index is 6.26. The van der Waals surface area contributed by atoms with Gasteiger partial charge in [-0.05, 0) is 123 Å². The molecule has 3 aromatic heterocycles. The van der Waals surface area contributed by atoms with Gasteiger partial charge in [-0.15, -0.1) is 0 Å². The second-order valence-corrected chi connectivity index (χ2v) is 16.4. The summed E-state index contributed by atoms with van der Waals surface area (Å²) >= 11 is 0. The first-order valence-electron chi connectivity index (χ1n) is 21.6. The fraction of sp³-hybridized carbons (Fsp3) is 0. The van der Waals surface area contributed by atoms with Gasteiger partial charge in [-0.1, -0.05) is 146 Å². The smallest absolute Gasteiger partial charge is 0.136 e. The Morgan fingerprint density at radius 1 is 0.234 bits per heavy atom. The Morgan fingerprint density at radius 2 is 0.562 bits per heavy atom. The molecule has 0 amide bonds. The zero-order valence-electron chi connectivity index (χ0n) is 34.5. The van der Waals surface area contributed by atoms with Crippen molar-refractivity contribution in [3.63, 3.8) is 0 Å². The third-order valence-corrected chi connectivity index (χ3v) is 12.7. The first-order valence-corrected chi connectivity index (χ1v) is 21.6. The summed E-state index contributed by atoms with van der Waals surface area (Å²) in [4.78, 5) is 2.33. The van der Waals surface area contributed by atoms with E-state index in [9.17, 15) is 0 Å². The summed E-state index contributed by atoms with van der Waals surface area (Å²) in [7, 11) is 0. The molecule has 3 heterocycles. The van der Waals surface area contributed by atoms with Crippen molar-refractivity contribution >= 4 is 82.9 Å². The topological polar surface area (TPSA) is 42.7 Å². The fourth-order valence-electron chi connectivity index (χ4n) is 9.74. The van der Waals surface area contributed by atoms with Gasteiger partial charge >= 0.3 is 0 Å². The molecule has 0 saturated carbocycles. The van der Waals surface area contributed by atoms with Gasteiger partial charge in [0.25, 0.3) is 0 Å². The van der Waals surface area contributed by atoms with Gasteiger partial charge in [0, 0.05) is 49.4 Å². The molecule has 300 valence electrons. The second-order valence-electron chi connectivity index (χ2n) is 16.4. The van der Waals surface area contributed by atoms with Crippen molar-refractivity contribution in [3.8, 4) is 44.5 Å². The van der Waals surface area contributed by atoms with Crippen LogP contribution in [0.3, 0.4) is 0 Å². The molecule has 4 nitrogen and oxygen atoms in total. The molecule has 0 atom stereocenters. The summed E-state index contributed by atoms with van der Waals surface area (Å²) in [6.45, 7) is 0. The average molecular weight is 820 g/mol. The molecule has 13 rings (SSSR count). The lowest BCUT2D eigenvalue weighted by molar-refractivity contribution is 0.668. The number of hydrogen-bond donors (Lipinski definition) is 0. The lowest BCUT2D eigenvalue weighted by Gasteiger charge is -2.26. The van der Waals surface area contributed by atoms with Crippen LogP contribution >= 0.6 is 0 Å². The summed E-state index contributed by atoms with van der Waals surface area (Å²) < 4.78 is 18.8. The highest BCUT2D eigenvalue weighted by molar-refractivity contribution is 6.14. The minimum Gasteiger partial charge on any atom is -0.456 e. The average Bonchev–Trinajstić information content (AvgIpc) is 4.06. The van der Waals surface area contributed by atoms with Crippen molar-refractivity contribution in [2.24, 2.45) is 0 Å². The second kappa shape index (κ2) is 14.5. The van der Waals surface area contributed by atoms with E-state index in [2.05, 4.69) is 193 Å². The number of furan rings is 3. The summed E-state index contributed by atoms with van der Waals surface area (Å²) in [5, 5.41) is 6.78. The van der Waals surface area contributed by atoms with E-state index in [-0.39, 0.29) is 0 Å². The van der Waals surface area contributed by atoms with Crippen molar-refractivity contribution in [2.45, 2.75) is 0 Å². The molecule has 10 aromatic carbocycles. The number of nitrogens with zero attached hydrogens (tertiary/aromatic N) is 1. The van der Waals surface area contributed by atoms with Crippen molar-refractivity contribution in [1.29, 1.82) is 0 Å². The Morgan fingerprint density at radius 3 is 0.984 bits per heavy atom. The van der Waals surface area contributed by atoms with Gasteiger partial charge in [0.05, 0.1) is 0 Å². The zero-order valence-corrected chi connectivity index (χ0v) is 34.5. The van der Waals surface area contributed by atoms with E-state index >= 15 is 0 Å². The number of benzene rings is 10. The SMILES string of the molecule is c1cc(-c2ccc(N(c3ccc(-c4cccc5oc6ccccc6c45)cc3)c3ccc(-c4cccc5oc6ccccc6c45)cc3)cc2)cc(-c2cccc3oc4ccccc4c23)c1. The Balaban J connectivity index is 0.896. The highest BCUT2D eigenvalue weighted by Gasteiger charge is 2.18. The molecule has 13 aromatic rings. The minimum absolute atomic E-state index is 0.890. The van der Waals surface area contributed by atoms with E-state index in [1.54, 1.807) is 0 Å². The van der Waals surface area contributed by atoms with Crippen molar-refractivity contribution < 1.29 is 13.3 Å². The van der Waals surface area contributed by atoms with Crippen LogP contribution in [0.15, 0.2) is 238 Å². The van der Waals surface area contributed by atoms with Crippen molar-refractivity contribution in [2.75, 3.05) is 4.90 Å². The van der Waals surface area contributed by atoms with Crippen molar-refractivity contribution in [1.82, 2.24) is 0 Å². The van der Waals surface area contributed by atoms with Gasteiger partial charge in [-0.2, -0.15) is 0 Å². The van der Waals surface area contributed by atoms with Crippen LogP contribution in [0.2, 0.25) is 0 Å². The predicted molar refractivity (Wildman–Crippen MR) is 265 cm³/mol. The summed E-state index contributed by atoms with van der Waals surface area (Å²) in [6.07, 6.45) is 0. The Labute approximate surface area is 368 Å². The van der Waals surface area contributed by atoms with Crippen LogP contribution in [0.1, 0.15) is 0 Å². The molecule has 0 radical (unpaired) electrons. The van der Waals surface area contributed by atoms with Crippen LogP contribution in [-0.4, -0.2) is 0 Å². The standard InChI is InChI=1S/C60H37NO3/c1-4-19-52-49(13-1)58-46(16-8-22-55(58)62-52)39-27-33-44(34-28-39)61(45-35-29-40(30-36-45)47-17-9-23-56-59(47)50-14-2-5-20-53(50)63-56)43-31-25-38(26-32-43)41-11-7-12-42(37-41)48-18-10-24-57-60(48)51-15-3-6-21-54(51)64-57/h1-37H. The number of rotatable bonds is 7. The van der Waals surface area contributed by atoms with E-state index in [0.29, 0.717) is 0 Å². The highest BCUT2D eigenvalue weighted by atomic mass is 16.3. The first kappa shape index (κ1) is 36.1. The molecule has 0 unspecified atom stereocenters. The first-order chi connectivity index (χ1) is 31.7. The maximum absolute atomic E-state index is 6.26. The van der Waals surface area contributed by atoms with E-state index < -0.39 is 0 Å². The highest BCUT2D eigenvalue weighted by Crippen LogP contribution is 2.43. The largest absolute Gasteiger partial charge is 0.456 e. The quantitative estimate of drug-likeness (QED) is 0.161. The molecule has 0 fully saturated rings. The van der Waals surface area contributed by atoms with Gasteiger partial charge in [-0.25, -0.2) is 0 Å². The third-order valence-electron chi connectivity index (χ3n) is 12.7. The molecule has 0 aliphatic heterocycles. The van der Waals surface area contributed by atoms with Gasteiger partial charge < -0.3 is 18.2 Å². The van der Waals surface area contributed by atoms with E-state index in [0.717, 1.165) is 127 Å². The summed E-state index contributed by atoms with van der Waals surface area (Å²) in [5.74, 6) is 0. The molecule has 0 saturated heterocycles. The van der Waals surface area contributed by atoms with Gasteiger partial charge in [0.1, 0.15) is 33.5 Å². The normalized spacial score (nSPS) is 11.8. The molecule has 0 aliphatic rings. The molecule has 0 bridgehead atoms. The molecular formula is C60H37NO3. The van der Waals surface area contributed by atoms with E-state index in [4.69, 9.17) is 13.3 Å². The number of para-hydroxylation sites is 3. The van der Waals surface area contributed by atoms with Crippen molar-refractivity contribution in [3.05, 3.63) is 224 Å². The van der Waals surface area contributed by atoms with Gasteiger partial charge in [-0.3, -0.25) is 0 Å². The van der Waals surface area contributed by atoms with Crippen LogP contribution in [0, 0.1) is 0 Å². The monoisotopic (exact) mass is 819 g/mol. The molecule has 64 heavy (non-hydrogen) atoms. The molecule has 0 N–H and O–H groups in total. The number of anilines is 3. The Hall–Kier alpha value is -8.60. The zero-order chi connectivity index (χ0) is 42.1. The molecule has 4 heteroatoms. The lowest BCUT2D eigenvalue weighted by Crippen LogP contribution is -2.09. The Bertz CT molecular complexity index is 3730. The Kier molecular flexibility index (Phi) is 8.18. The lowest BCUT2D eigenvalue weighted by atomic mass is 9.95. The van der Waals surface area contributed by atoms with Crippen LogP contribution in [0.25, 0.3) is 110 Å². The summed E-state index contributed by atoms with van der Waals surface area (Å²) in [5.41, 5.74) is 17.7. The van der Waals surface area contributed by atoms with Gasteiger partial charge in [0.2, 0.25) is 0 Å². The third kappa shape index (κ3) is 5.84. The van der Waals surface area contributed by atoms with Crippen LogP contribution in [0.5, 0.6) is 0 Å². The molecule has 0 spiro atoms. The predicted octanol–water partition coefficient (Wildman–Crippen LogP) is 17.5. The van der Waals surface area contributed by atoms with Gasteiger partial charge in [0.15, 0.2) is 0 Å². The number of fused-ring (bicyclic) bond motifs is 9. The maximum Gasteiger partial charge on any atom is 0.136 e. The van der Waals surface area contributed by atoms with Crippen LogP contribution in [0.4, 0.5) is 17.1 Å². The van der Waals surface area contributed by atoms with Crippen LogP contribution in [-0.2, 0) is 0 Å². The number of hydrogen-bond acceptors (Lipinski definition) is 4. The van der Waals surface area contributed by atoms with Crippen LogP contribution < -0.4 is 4.90 Å². The molecule has 0 aliphatic carbocycles. The minimum atomic E-state index is 0.890.